The first kappa shape index (κ1) is 24.7. The van der Waals surface area contributed by atoms with Gasteiger partial charge in [-0.25, -0.2) is 4.98 Å². The highest BCUT2D eigenvalue weighted by atomic mass is 35.5. The van der Waals surface area contributed by atoms with E-state index in [0.717, 1.165) is 51.3 Å². The Labute approximate surface area is 191 Å². The molecule has 0 unspecified atom stereocenters. The predicted molar refractivity (Wildman–Crippen MR) is 122 cm³/mol. The molecule has 9 heteroatoms. The molecule has 3 aliphatic rings. The van der Waals surface area contributed by atoms with Crippen molar-refractivity contribution in [3.63, 3.8) is 0 Å². The molecular weight excluding hydrogens is 425 g/mol. The van der Waals surface area contributed by atoms with Crippen molar-refractivity contribution in [1.29, 1.82) is 0 Å². The van der Waals surface area contributed by atoms with Gasteiger partial charge in [0.15, 0.2) is 0 Å². The van der Waals surface area contributed by atoms with Gasteiger partial charge < -0.3 is 20.4 Å². The number of nitrogens with one attached hydrogen (secondary N) is 2. The van der Waals surface area contributed by atoms with Crippen molar-refractivity contribution in [3.8, 4) is 0 Å². The number of fused-ring (bicyclic) bond motifs is 1. The van der Waals surface area contributed by atoms with Crippen LogP contribution in [0.25, 0.3) is 0 Å². The van der Waals surface area contributed by atoms with E-state index < -0.39 is 0 Å². The first-order valence-corrected chi connectivity index (χ1v) is 10.6. The van der Waals surface area contributed by atoms with Gasteiger partial charge in [0.25, 0.3) is 0 Å². The normalized spacial score (nSPS) is 25.5. The summed E-state index contributed by atoms with van der Waals surface area (Å²) in [5.41, 5.74) is -0.240. The smallest absolute Gasteiger partial charge is 0.227 e. The summed E-state index contributed by atoms with van der Waals surface area (Å²) in [6, 6.07) is 5.90. The van der Waals surface area contributed by atoms with Crippen LogP contribution < -0.4 is 15.5 Å². The number of rotatable bonds is 5. The number of hydrogen-bond acceptors (Lipinski definition) is 5. The second kappa shape index (κ2) is 11.2. The Bertz CT molecular complexity index is 700. The molecule has 2 saturated heterocycles. The van der Waals surface area contributed by atoms with Crippen LogP contribution in [-0.4, -0.2) is 67.5 Å². The lowest BCUT2D eigenvalue weighted by Crippen LogP contribution is -2.50. The van der Waals surface area contributed by atoms with Crippen molar-refractivity contribution < 1.29 is 9.59 Å². The van der Waals surface area contributed by atoms with Crippen molar-refractivity contribution in [1.82, 2.24) is 20.5 Å². The second-order valence-electron chi connectivity index (χ2n) is 8.29. The minimum atomic E-state index is -0.240. The van der Waals surface area contributed by atoms with E-state index in [1.807, 2.05) is 23.1 Å². The van der Waals surface area contributed by atoms with E-state index in [-0.39, 0.29) is 42.0 Å². The molecule has 0 bridgehead atoms. The molecule has 0 radical (unpaired) electrons. The molecule has 1 aromatic rings. The Hall–Kier alpha value is -1.57. The molecule has 30 heavy (non-hydrogen) atoms. The van der Waals surface area contributed by atoms with Crippen LogP contribution in [0.1, 0.15) is 32.1 Å². The van der Waals surface area contributed by atoms with Crippen LogP contribution in [0, 0.1) is 11.3 Å². The van der Waals surface area contributed by atoms with Gasteiger partial charge in [-0.15, -0.1) is 24.8 Å². The average Bonchev–Trinajstić information content (AvgIpc) is 3.20. The fourth-order valence-corrected chi connectivity index (χ4v) is 5.03. The standard InChI is InChI=1S/C21H31N5O2.2ClH/c27-19(26-13-11-25(12-14-26)18-6-2-4-9-23-18)7-10-24-20(28)21-8-3-1-5-17(21)15-22-16-21;;/h2,4,6,9,17,22H,1,3,5,7-8,10-16H2,(H,24,28);2*1H/t17-,21+;;/m0../s1. The van der Waals surface area contributed by atoms with E-state index in [0.29, 0.717) is 32.0 Å². The number of aromatic nitrogens is 1. The Morgan fingerprint density at radius 2 is 1.97 bits per heavy atom. The van der Waals surface area contributed by atoms with Crippen molar-refractivity contribution >= 4 is 42.4 Å². The molecule has 3 heterocycles. The van der Waals surface area contributed by atoms with E-state index in [9.17, 15) is 9.59 Å². The molecule has 4 rings (SSSR count). The largest absolute Gasteiger partial charge is 0.355 e. The monoisotopic (exact) mass is 457 g/mol. The first-order valence-electron chi connectivity index (χ1n) is 10.6. The van der Waals surface area contributed by atoms with Gasteiger partial charge in [0, 0.05) is 51.9 Å². The van der Waals surface area contributed by atoms with Crippen LogP contribution >= 0.6 is 24.8 Å². The summed E-state index contributed by atoms with van der Waals surface area (Å²) in [6.45, 7) is 5.18. The highest BCUT2D eigenvalue weighted by Gasteiger charge is 2.49. The van der Waals surface area contributed by atoms with Crippen LogP contribution in [0.5, 0.6) is 0 Å². The van der Waals surface area contributed by atoms with Crippen molar-refractivity contribution in [3.05, 3.63) is 24.4 Å². The maximum Gasteiger partial charge on any atom is 0.227 e. The maximum absolute atomic E-state index is 12.9. The fraction of sp³-hybridized carbons (Fsp3) is 0.667. The molecule has 1 aliphatic carbocycles. The number of carbonyl (C=O) groups excluding carboxylic acids is 2. The Kier molecular flexibility index (Phi) is 9.19. The summed E-state index contributed by atoms with van der Waals surface area (Å²) in [7, 11) is 0. The van der Waals surface area contributed by atoms with Crippen molar-refractivity contribution in [2.45, 2.75) is 32.1 Å². The van der Waals surface area contributed by atoms with Crippen LogP contribution in [-0.2, 0) is 9.59 Å². The van der Waals surface area contributed by atoms with E-state index in [1.54, 1.807) is 6.20 Å². The Morgan fingerprint density at radius 3 is 2.70 bits per heavy atom. The van der Waals surface area contributed by atoms with Gasteiger partial charge in [0.05, 0.1) is 5.41 Å². The van der Waals surface area contributed by atoms with Gasteiger partial charge in [0.2, 0.25) is 11.8 Å². The van der Waals surface area contributed by atoms with E-state index in [1.165, 1.54) is 6.42 Å². The van der Waals surface area contributed by atoms with Gasteiger partial charge in [-0.05, 0) is 37.4 Å². The van der Waals surface area contributed by atoms with Crippen LogP contribution in [0.3, 0.4) is 0 Å². The molecule has 7 nitrogen and oxygen atoms in total. The summed E-state index contributed by atoms with van der Waals surface area (Å²) in [5.74, 6) is 1.70. The summed E-state index contributed by atoms with van der Waals surface area (Å²) in [6.07, 6.45) is 6.64. The molecular formula is C21H33Cl2N5O2. The third-order valence-corrected chi connectivity index (χ3v) is 6.72. The Morgan fingerprint density at radius 1 is 1.17 bits per heavy atom. The zero-order valence-electron chi connectivity index (χ0n) is 17.3. The lowest BCUT2D eigenvalue weighted by Gasteiger charge is -2.37. The zero-order valence-corrected chi connectivity index (χ0v) is 19.0. The van der Waals surface area contributed by atoms with Crippen molar-refractivity contribution in [2.24, 2.45) is 11.3 Å². The number of amides is 2. The van der Waals surface area contributed by atoms with Gasteiger partial charge >= 0.3 is 0 Å². The molecule has 2 N–H and O–H groups in total. The van der Waals surface area contributed by atoms with E-state index in [4.69, 9.17) is 0 Å². The molecule has 1 saturated carbocycles. The molecule has 2 amide bonds. The third-order valence-electron chi connectivity index (χ3n) is 6.72. The first-order chi connectivity index (χ1) is 13.7. The fourth-order valence-electron chi connectivity index (χ4n) is 5.03. The third kappa shape index (κ3) is 5.18. The van der Waals surface area contributed by atoms with Gasteiger partial charge in [-0.2, -0.15) is 0 Å². The molecule has 1 aromatic heterocycles. The Balaban J connectivity index is 0.00000160. The number of hydrogen-bond donors (Lipinski definition) is 2. The maximum atomic E-state index is 12.9. The van der Waals surface area contributed by atoms with Gasteiger partial charge in [-0.1, -0.05) is 18.9 Å². The van der Waals surface area contributed by atoms with Gasteiger partial charge in [0.1, 0.15) is 5.82 Å². The average molecular weight is 458 g/mol. The van der Waals surface area contributed by atoms with Crippen LogP contribution in [0.2, 0.25) is 0 Å². The van der Waals surface area contributed by atoms with E-state index >= 15 is 0 Å². The lowest BCUT2D eigenvalue weighted by molar-refractivity contribution is -0.134. The lowest BCUT2D eigenvalue weighted by atomic mass is 9.67. The predicted octanol–water partition coefficient (Wildman–Crippen LogP) is 1.86. The summed E-state index contributed by atoms with van der Waals surface area (Å²) in [5, 5.41) is 6.48. The summed E-state index contributed by atoms with van der Waals surface area (Å²) < 4.78 is 0. The molecule has 0 aromatic carbocycles. The topological polar surface area (TPSA) is 77.6 Å². The van der Waals surface area contributed by atoms with Gasteiger partial charge in [-0.3, -0.25) is 9.59 Å². The SMILES string of the molecule is Cl.Cl.O=C(CCNC(=O)[C@@]12CCCC[C@H]1CNC2)N1CCN(c2ccccn2)CC1. The van der Waals surface area contributed by atoms with Crippen LogP contribution in [0.4, 0.5) is 5.82 Å². The number of nitrogens with zero attached hydrogens (tertiary/aromatic N) is 3. The quantitative estimate of drug-likeness (QED) is 0.705. The van der Waals surface area contributed by atoms with E-state index in [2.05, 4.69) is 20.5 Å². The molecule has 2 aliphatic heterocycles. The number of carbonyl (C=O) groups is 2. The minimum absolute atomic E-state index is 0. The number of anilines is 1. The number of halogens is 2. The number of pyridine rings is 1. The minimum Gasteiger partial charge on any atom is -0.355 e. The van der Waals surface area contributed by atoms with Crippen LogP contribution in [0.15, 0.2) is 24.4 Å². The summed E-state index contributed by atoms with van der Waals surface area (Å²) >= 11 is 0. The highest BCUT2D eigenvalue weighted by Crippen LogP contribution is 2.43. The molecule has 0 spiro atoms. The molecule has 168 valence electrons. The molecule has 3 fully saturated rings. The summed E-state index contributed by atoms with van der Waals surface area (Å²) in [4.78, 5) is 33.9. The highest BCUT2D eigenvalue weighted by molar-refractivity contribution is 5.86. The molecule has 2 atom stereocenters. The second-order valence-corrected chi connectivity index (χ2v) is 8.29. The van der Waals surface area contributed by atoms with Crippen molar-refractivity contribution in [2.75, 3.05) is 50.7 Å². The zero-order chi connectivity index (χ0) is 19.4. The number of piperazine rings is 1.